The zero-order valence-electron chi connectivity index (χ0n) is 10.1. The summed E-state index contributed by atoms with van der Waals surface area (Å²) >= 11 is 5.70. The number of sulfone groups is 1. The predicted octanol–water partition coefficient (Wildman–Crippen LogP) is 1.32. The van der Waals surface area contributed by atoms with E-state index in [0.29, 0.717) is 17.9 Å². The van der Waals surface area contributed by atoms with Gasteiger partial charge in [-0.1, -0.05) is 11.6 Å². The van der Waals surface area contributed by atoms with Crippen molar-refractivity contribution < 1.29 is 18.3 Å². The highest BCUT2D eigenvalue weighted by Gasteiger charge is 2.49. The van der Waals surface area contributed by atoms with Crippen molar-refractivity contribution in [2.45, 2.75) is 23.3 Å². The number of hydrogen-bond donors (Lipinski definition) is 2. The minimum atomic E-state index is -3.41. The number of nitrogens with one attached hydrogen (secondary N) is 1. The Hall–Kier alpha value is -1.11. The summed E-state index contributed by atoms with van der Waals surface area (Å²) in [5, 5.41) is 12.2. The van der Waals surface area contributed by atoms with Crippen molar-refractivity contribution >= 4 is 27.4 Å². The van der Waals surface area contributed by atoms with Crippen LogP contribution in [0.3, 0.4) is 0 Å². The molecule has 2 N–H and O–H groups in total. The Morgan fingerprint density at radius 1 is 1.32 bits per heavy atom. The summed E-state index contributed by atoms with van der Waals surface area (Å²) in [5.41, 5.74) is -0.907. The van der Waals surface area contributed by atoms with Crippen molar-refractivity contribution in [2.24, 2.45) is 0 Å². The lowest BCUT2D eigenvalue weighted by Crippen LogP contribution is -2.41. The number of carboxylic acids is 1. The standard InChI is InChI=1S/C12H14ClNO4S/c13-9-1-3-10(4-2-9)19(17,18)8-7-14-12(5-6-12)11(15)16/h1-4,14H,5-8H2,(H,15,16). The molecule has 0 radical (unpaired) electrons. The second-order valence-electron chi connectivity index (χ2n) is 4.59. The minimum Gasteiger partial charge on any atom is -0.480 e. The topological polar surface area (TPSA) is 83.5 Å². The van der Waals surface area contributed by atoms with E-state index in [1.54, 1.807) is 0 Å². The van der Waals surface area contributed by atoms with Crippen LogP contribution in [-0.2, 0) is 14.6 Å². The lowest BCUT2D eigenvalue weighted by molar-refractivity contribution is -0.140. The SMILES string of the molecule is O=C(O)C1(NCCS(=O)(=O)c2ccc(Cl)cc2)CC1. The molecule has 1 fully saturated rings. The molecule has 0 saturated heterocycles. The molecule has 0 bridgehead atoms. The Kier molecular flexibility index (Phi) is 3.85. The van der Waals surface area contributed by atoms with Crippen LogP contribution in [0.5, 0.6) is 0 Å². The molecular formula is C12H14ClNO4S. The first kappa shape index (κ1) is 14.3. The van der Waals surface area contributed by atoms with Crippen LogP contribution in [0.2, 0.25) is 5.02 Å². The molecule has 1 aliphatic rings. The molecule has 0 atom stereocenters. The van der Waals surface area contributed by atoms with Crippen LogP contribution in [0.1, 0.15) is 12.8 Å². The number of benzene rings is 1. The highest BCUT2D eigenvalue weighted by Crippen LogP contribution is 2.35. The fourth-order valence-corrected chi connectivity index (χ4v) is 3.06. The first-order valence-corrected chi connectivity index (χ1v) is 7.86. The van der Waals surface area contributed by atoms with Crippen molar-refractivity contribution in [3.8, 4) is 0 Å². The predicted molar refractivity (Wildman–Crippen MR) is 71.1 cm³/mol. The van der Waals surface area contributed by atoms with E-state index in [1.165, 1.54) is 24.3 Å². The van der Waals surface area contributed by atoms with Crippen LogP contribution in [-0.4, -0.2) is 37.3 Å². The van der Waals surface area contributed by atoms with Gasteiger partial charge >= 0.3 is 5.97 Å². The summed E-state index contributed by atoms with van der Waals surface area (Å²) in [5.74, 6) is -1.06. The third-order valence-corrected chi connectivity index (χ3v) is 5.15. The highest BCUT2D eigenvalue weighted by molar-refractivity contribution is 7.91. The average molecular weight is 304 g/mol. The van der Waals surface area contributed by atoms with E-state index in [2.05, 4.69) is 5.32 Å². The van der Waals surface area contributed by atoms with Crippen molar-refractivity contribution in [3.05, 3.63) is 29.3 Å². The molecule has 5 nitrogen and oxygen atoms in total. The second-order valence-corrected chi connectivity index (χ2v) is 7.13. The van der Waals surface area contributed by atoms with Crippen molar-refractivity contribution in [3.63, 3.8) is 0 Å². The molecule has 1 aromatic rings. The lowest BCUT2D eigenvalue weighted by Gasteiger charge is -2.12. The van der Waals surface area contributed by atoms with E-state index in [0.717, 1.165) is 0 Å². The number of hydrogen-bond acceptors (Lipinski definition) is 4. The third-order valence-electron chi connectivity index (χ3n) is 3.17. The Morgan fingerprint density at radius 3 is 2.37 bits per heavy atom. The maximum absolute atomic E-state index is 12.0. The summed E-state index contributed by atoms with van der Waals surface area (Å²) in [6, 6.07) is 5.92. The van der Waals surface area contributed by atoms with Crippen LogP contribution in [0.15, 0.2) is 29.2 Å². The molecule has 19 heavy (non-hydrogen) atoms. The lowest BCUT2D eigenvalue weighted by atomic mass is 10.3. The molecule has 1 aliphatic carbocycles. The maximum Gasteiger partial charge on any atom is 0.323 e. The molecule has 0 amide bonds. The monoisotopic (exact) mass is 303 g/mol. The van der Waals surface area contributed by atoms with E-state index in [4.69, 9.17) is 16.7 Å². The summed E-state index contributed by atoms with van der Waals surface area (Å²) < 4.78 is 24.0. The van der Waals surface area contributed by atoms with Crippen LogP contribution in [0, 0.1) is 0 Å². The van der Waals surface area contributed by atoms with Gasteiger partial charge in [-0.25, -0.2) is 8.42 Å². The first-order valence-electron chi connectivity index (χ1n) is 5.82. The normalized spacial score (nSPS) is 17.1. The molecule has 0 spiro atoms. The molecule has 7 heteroatoms. The van der Waals surface area contributed by atoms with Gasteiger partial charge in [0.25, 0.3) is 0 Å². The average Bonchev–Trinajstić information content (AvgIpc) is 3.10. The highest BCUT2D eigenvalue weighted by atomic mass is 35.5. The molecule has 2 rings (SSSR count). The number of carbonyl (C=O) groups is 1. The van der Waals surface area contributed by atoms with E-state index in [1.807, 2.05) is 0 Å². The summed E-state index contributed by atoms with van der Waals surface area (Å²) in [6.07, 6.45) is 1.09. The van der Waals surface area contributed by atoms with Crippen LogP contribution in [0.4, 0.5) is 0 Å². The quantitative estimate of drug-likeness (QED) is 0.828. The Labute approximate surface area is 116 Å². The number of carboxylic acid groups (broad SMARTS) is 1. The molecule has 0 aliphatic heterocycles. The van der Waals surface area contributed by atoms with E-state index < -0.39 is 21.3 Å². The minimum absolute atomic E-state index is 0.122. The second kappa shape index (κ2) is 5.11. The summed E-state index contributed by atoms with van der Waals surface area (Å²) in [6.45, 7) is 0.122. The number of halogens is 1. The van der Waals surface area contributed by atoms with Gasteiger partial charge in [-0.15, -0.1) is 0 Å². The van der Waals surface area contributed by atoms with Gasteiger partial charge in [-0.05, 0) is 37.1 Å². The van der Waals surface area contributed by atoms with Gasteiger partial charge in [0.15, 0.2) is 9.84 Å². The van der Waals surface area contributed by atoms with Crippen LogP contribution >= 0.6 is 11.6 Å². The molecule has 104 valence electrons. The van der Waals surface area contributed by atoms with E-state index in [9.17, 15) is 13.2 Å². The molecular weight excluding hydrogens is 290 g/mol. The first-order chi connectivity index (χ1) is 8.86. The van der Waals surface area contributed by atoms with Crippen molar-refractivity contribution in [2.75, 3.05) is 12.3 Å². The van der Waals surface area contributed by atoms with Crippen LogP contribution in [0.25, 0.3) is 0 Å². The van der Waals surface area contributed by atoms with Gasteiger partial charge < -0.3 is 10.4 Å². The van der Waals surface area contributed by atoms with Gasteiger partial charge in [0.05, 0.1) is 10.6 Å². The smallest absolute Gasteiger partial charge is 0.323 e. The number of aliphatic carboxylic acids is 1. The van der Waals surface area contributed by atoms with Crippen LogP contribution < -0.4 is 5.32 Å². The van der Waals surface area contributed by atoms with Crippen molar-refractivity contribution in [1.29, 1.82) is 0 Å². The molecule has 0 aromatic heterocycles. The van der Waals surface area contributed by atoms with Gasteiger partial charge in [0.1, 0.15) is 5.54 Å². The van der Waals surface area contributed by atoms with E-state index >= 15 is 0 Å². The maximum atomic E-state index is 12.0. The van der Waals surface area contributed by atoms with Gasteiger partial charge in [-0.2, -0.15) is 0 Å². The fraction of sp³-hybridized carbons (Fsp3) is 0.417. The largest absolute Gasteiger partial charge is 0.480 e. The Morgan fingerprint density at radius 2 is 1.89 bits per heavy atom. The zero-order chi connectivity index (χ0) is 14.1. The zero-order valence-corrected chi connectivity index (χ0v) is 11.7. The number of rotatable bonds is 6. The fourth-order valence-electron chi connectivity index (χ4n) is 1.78. The molecule has 0 heterocycles. The van der Waals surface area contributed by atoms with Gasteiger partial charge in [0.2, 0.25) is 0 Å². The third kappa shape index (κ3) is 3.26. The summed E-state index contributed by atoms with van der Waals surface area (Å²) in [7, 11) is -3.41. The Bertz CT molecular complexity index is 578. The molecule has 0 unspecified atom stereocenters. The van der Waals surface area contributed by atoms with Crippen molar-refractivity contribution in [1.82, 2.24) is 5.32 Å². The van der Waals surface area contributed by atoms with Gasteiger partial charge in [0, 0.05) is 11.6 Å². The summed E-state index contributed by atoms with van der Waals surface area (Å²) in [4.78, 5) is 11.1. The Balaban J connectivity index is 1.95. The molecule has 1 aromatic carbocycles. The van der Waals surface area contributed by atoms with E-state index in [-0.39, 0.29) is 17.2 Å². The molecule has 1 saturated carbocycles. The van der Waals surface area contributed by atoms with Gasteiger partial charge in [-0.3, -0.25) is 4.79 Å².